The fourth-order valence-electron chi connectivity index (χ4n) is 2.74. The van der Waals surface area contributed by atoms with Crippen molar-refractivity contribution < 1.29 is 4.79 Å². The third kappa shape index (κ3) is 2.97. The first-order chi connectivity index (χ1) is 9.17. The van der Waals surface area contributed by atoms with E-state index in [0.717, 1.165) is 50.7 Å². The van der Waals surface area contributed by atoms with Crippen molar-refractivity contribution in [2.24, 2.45) is 0 Å². The van der Waals surface area contributed by atoms with Gasteiger partial charge >= 0.3 is 0 Å². The standard InChI is InChI=1S/C14H24N4O/c1-4-17(5-2)14(19)7-9-18-11(3)16-12-10-15-8-6-13(12)18/h15H,4-10H2,1-3H3. The van der Waals surface area contributed by atoms with Crippen LogP contribution in [0.1, 0.15) is 37.5 Å². The summed E-state index contributed by atoms with van der Waals surface area (Å²) >= 11 is 0. The average Bonchev–Trinajstić information content (AvgIpc) is 2.73. The zero-order valence-electron chi connectivity index (χ0n) is 12.2. The van der Waals surface area contributed by atoms with E-state index in [1.807, 2.05) is 25.7 Å². The largest absolute Gasteiger partial charge is 0.343 e. The fraction of sp³-hybridized carbons (Fsp3) is 0.714. The van der Waals surface area contributed by atoms with E-state index in [-0.39, 0.29) is 5.91 Å². The Bertz CT molecular complexity index is 449. The molecule has 1 amide bonds. The van der Waals surface area contributed by atoms with Crippen LogP contribution in [0.15, 0.2) is 0 Å². The normalized spacial score (nSPS) is 14.3. The first-order valence-electron chi connectivity index (χ1n) is 7.20. The van der Waals surface area contributed by atoms with Gasteiger partial charge in [-0.3, -0.25) is 4.79 Å². The third-order valence-corrected chi connectivity index (χ3v) is 3.84. The summed E-state index contributed by atoms with van der Waals surface area (Å²) in [5.74, 6) is 1.27. The molecule has 0 saturated carbocycles. The van der Waals surface area contributed by atoms with Crippen molar-refractivity contribution in [1.82, 2.24) is 19.8 Å². The average molecular weight is 264 g/mol. The van der Waals surface area contributed by atoms with Crippen LogP contribution in [-0.4, -0.2) is 40.0 Å². The lowest BCUT2D eigenvalue weighted by molar-refractivity contribution is -0.131. The molecule has 5 nitrogen and oxygen atoms in total. The zero-order chi connectivity index (χ0) is 13.8. The molecule has 1 aromatic heterocycles. The summed E-state index contributed by atoms with van der Waals surface area (Å²) in [4.78, 5) is 18.5. The van der Waals surface area contributed by atoms with Gasteiger partial charge in [-0.2, -0.15) is 0 Å². The monoisotopic (exact) mass is 264 g/mol. The molecular weight excluding hydrogens is 240 g/mol. The Kier molecular flexibility index (Phi) is 4.58. The van der Waals surface area contributed by atoms with Crippen molar-refractivity contribution in [3.8, 4) is 0 Å². The molecule has 1 aromatic rings. The van der Waals surface area contributed by atoms with Crippen molar-refractivity contribution in [1.29, 1.82) is 0 Å². The molecule has 0 unspecified atom stereocenters. The van der Waals surface area contributed by atoms with E-state index >= 15 is 0 Å². The maximum atomic E-state index is 12.1. The van der Waals surface area contributed by atoms with Crippen LogP contribution in [0.25, 0.3) is 0 Å². The maximum Gasteiger partial charge on any atom is 0.224 e. The molecule has 0 bridgehead atoms. The Morgan fingerprint density at radius 1 is 1.42 bits per heavy atom. The van der Waals surface area contributed by atoms with E-state index in [9.17, 15) is 4.79 Å². The molecule has 1 N–H and O–H groups in total. The van der Waals surface area contributed by atoms with E-state index < -0.39 is 0 Å². The summed E-state index contributed by atoms with van der Waals surface area (Å²) in [5, 5.41) is 3.33. The van der Waals surface area contributed by atoms with Crippen LogP contribution in [0.2, 0.25) is 0 Å². The van der Waals surface area contributed by atoms with E-state index in [0.29, 0.717) is 6.42 Å². The Labute approximate surface area is 115 Å². The molecule has 5 heteroatoms. The number of nitrogens with one attached hydrogen (secondary N) is 1. The number of imidazole rings is 1. The topological polar surface area (TPSA) is 50.2 Å². The molecule has 0 radical (unpaired) electrons. The van der Waals surface area contributed by atoms with Gasteiger partial charge in [0, 0.05) is 51.3 Å². The number of aryl methyl sites for hydroxylation is 1. The summed E-state index contributed by atoms with van der Waals surface area (Å²) in [7, 11) is 0. The first kappa shape index (κ1) is 14.1. The summed E-state index contributed by atoms with van der Waals surface area (Å²) < 4.78 is 2.22. The molecule has 0 atom stereocenters. The Morgan fingerprint density at radius 3 is 2.84 bits per heavy atom. The minimum absolute atomic E-state index is 0.237. The van der Waals surface area contributed by atoms with Crippen molar-refractivity contribution in [2.45, 2.75) is 46.7 Å². The van der Waals surface area contributed by atoms with E-state index in [4.69, 9.17) is 0 Å². The van der Waals surface area contributed by atoms with Crippen molar-refractivity contribution in [3.63, 3.8) is 0 Å². The Hall–Kier alpha value is -1.36. The molecule has 0 spiro atoms. The van der Waals surface area contributed by atoms with Crippen LogP contribution >= 0.6 is 0 Å². The maximum absolute atomic E-state index is 12.1. The lowest BCUT2D eigenvalue weighted by Gasteiger charge is -2.20. The molecule has 0 fully saturated rings. The van der Waals surface area contributed by atoms with Gasteiger partial charge in [0.15, 0.2) is 0 Å². The molecule has 106 valence electrons. The quantitative estimate of drug-likeness (QED) is 0.866. The highest BCUT2D eigenvalue weighted by molar-refractivity contribution is 5.76. The second kappa shape index (κ2) is 6.19. The predicted octanol–water partition coefficient (Wildman–Crippen LogP) is 1.10. The van der Waals surface area contributed by atoms with Gasteiger partial charge in [0.05, 0.1) is 5.69 Å². The van der Waals surface area contributed by atoms with Crippen LogP contribution in [0.5, 0.6) is 0 Å². The van der Waals surface area contributed by atoms with Crippen LogP contribution < -0.4 is 5.32 Å². The van der Waals surface area contributed by atoms with Gasteiger partial charge in [-0.25, -0.2) is 4.98 Å². The number of fused-ring (bicyclic) bond motifs is 1. The number of carbonyl (C=O) groups excluding carboxylic acids is 1. The molecule has 1 aliphatic rings. The molecule has 1 aliphatic heterocycles. The molecule has 2 heterocycles. The second-order valence-corrected chi connectivity index (χ2v) is 4.95. The smallest absolute Gasteiger partial charge is 0.224 e. The summed E-state index contributed by atoms with van der Waals surface area (Å²) in [5.41, 5.74) is 2.46. The van der Waals surface area contributed by atoms with Gasteiger partial charge in [-0.15, -0.1) is 0 Å². The van der Waals surface area contributed by atoms with Gasteiger partial charge in [-0.1, -0.05) is 0 Å². The summed E-state index contributed by atoms with van der Waals surface area (Å²) in [6.45, 7) is 10.3. The highest BCUT2D eigenvalue weighted by Crippen LogP contribution is 2.16. The SMILES string of the molecule is CCN(CC)C(=O)CCn1c(C)nc2c1CCNC2. The summed E-state index contributed by atoms with van der Waals surface area (Å²) in [6.07, 6.45) is 1.58. The molecule has 0 saturated heterocycles. The summed E-state index contributed by atoms with van der Waals surface area (Å²) in [6, 6.07) is 0. The van der Waals surface area contributed by atoms with Crippen molar-refractivity contribution >= 4 is 5.91 Å². The number of nitrogens with zero attached hydrogens (tertiary/aromatic N) is 3. The second-order valence-electron chi connectivity index (χ2n) is 4.95. The minimum Gasteiger partial charge on any atom is -0.343 e. The van der Waals surface area contributed by atoms with Crippen LogP contribution in [0.3, 0.4) is 0 Å². The zero-order valence-corrected chi connectivity index (χ0v) is 12.2. The van der Waals surface area contributed by atoms with E-state index in [2.05, 4.69) is 14.9 Å². The van der Waals surface area contributed by atoms with E-state index in [1.54, 1.807) is 0 Å². The highest BCUT2D eigenvalue weighted by Gasteiger charge is 2.18. The van der Waals surface area contributed by atoms with Crippen LogP contribution in [0.4, 0.5) is 0 Å². The number of hydrogen-bond acceptors (Lipinski definition) is 3. The molecule has 19 heavy (non-hydrogen) atoms. The van der Waals surface area contributed by atoms with Gasteiger partial charge in [0.2, 0.25) is 5.91 Å². The van der Waals surface area contributed by atoms with Gasteiger partial charge in [0.1, 0.15) is 5.82 Å². The number of carbonyl (C=O) groups is 1. The molecule has 0 aromatic carbocycles. The Morgan fingerprint density at radius 2 is 2.16 bits per heavy atom. The lowest BCUT2D eigenvalue weighted by atomic mass is 10.2. The van der Waals surface area contributed by atoms with Gasteiger partial charge in [-0.05, 0) is 20.8 Å². The Balaban J connectivity index is 2.03. The predicted molar refractivity (Wildman–Crippen MR) is 74.9 cm³/mol. The van der Waals surface area contributed by atoms with Crippen molar-refractivity contribution in [2.75, 3.05) is 19.6 Å². The lowest BCUT2D eigenvalue weighted by Crippen LogP contribution is -2.31. The van der Waals surface area contributed by atoms with Crippen LogP contribution in [-0.2, 0) is 24.3 Å². The van der Waals surface area contributed by atoms with Crippen molar-refractivity contribution in [3.05, 3.63) is 17.2 Å². The van der Waals surface area contributed by atoms with Gasteiger partial charge < -0.3 is 14.8 Å². The number of rotatable bonds is 5. The molecular formula is C14H24N4O. The van der Waals surface area contributed by atoms with Crippen LogP contribution in [0, 0.1) is 6.92 Å². The molecule has 2 rings (SSSR count). The first-order valence-corrected chi connectivity index (χ1v) is 7.20. The number of aromatic nitrogens is 2. The number of hydrogen-bond donors (Lipinski definition) is 1. The minimum atomic E-state index is 0.237. The van der Waals surface area contributed by atoms with E-state index in [1.165, 1.54) is 5.69 Å². The third-order valence-electron chi connectivity index (χ3n) is 3.84. The number of amides is 1. The fourth-order valence-corrected chi connectivity index (χ4v) is 2.74. The van der Waals surface area contributed by atoms with Gasteiger partial charge in [0.25, 0.3) is 0 Å². The molecule has 0 aliphatic carbocycles. The highest BCUT2D eigenvalue weighted by atomic mass is 16.2.